The molecule has 5 nitrogen and oxygen atoms in total. The van der Waals surface area contributed by atoms with Crippen molar-refractivity contribution < 1.29 is 27.5 Å². The lowest BCUT2D eigenvalue weighted by Crippen LogP contribution is -2.09. The van der Waals surface area contributed by atoms with Crippen LogP contribution in [0.15, 0.2) is 18.7 Å². The monoisotopic (exact) mass is 289 g/mol. The number of nitrogens with zero attached hydrogens (tertiary/aromatic N) is 3. The second kappa shape index (κ2) is 4.58. The van der Waals surface area contributed by atoms with Crippen LogP contribution in [0.1, 0.15) is 21.6 Å². The molecule has 0 saturated heterocycles. The van der Waals surface area contributed by atoms with Crippen molar-refractivity contribution in [2.75, 3.05) is 0 Å². The van der Waals surface area contributed by atoms with Crippen molar-refractivity contribution in [3.8, 4) is 5.82 Å². The highest BCUT2D eigenvalue weighted by Crippen LogP contribution is 2.33. The van der Waals surface area contributed by atoms with Gasteiger partial charge < -0.3 is 9.67 Å². The lowest BCUT2D eigenvalue weighted by Gasteiger charge is -2.05. The zero-order valence-electron chi connectivity index (χ0n) is 9.94. The molecule has 1 N–H and O–H groups in total. The summed E-state index contributed by atoms with van der Waals surface area (Å²) in [6.07, 6.45) is -2.75. The molecule has 106 valence electrons. The Morgan fingerprint density at radius 2 is 1.95 bits per heavy atom. The molecule has 0 aromatic carbocycles. The number of aromatic carboxylic acids is 1. The Balaban J connectivity index is 2.65. The van der Waals surface area contributed by atoms with E-state index in [-0.39, 0.29) is 5.69 Å². The molecule has 2 rings (SSSR count). The van der Waals surface area contributed by atoms with Crippen LogP contribution >= 0.6 is 0 Å². The van der Waals surface area contributed by atoms with Crippen molar-refractivity contribution in [1.82, 2.24) is 14.5 Å². The molecule has 9 heteroatoms. The molecule has 20 heavy (non-hydrogen) atoms. The van der Waals surface area contributed by atoms with Crippen LogP contribution < -0.4 is 0 Å². The summed E-state index contributed by atoms with van der Waals surface area (Å²) in [4.78, 5) is 17.9. The van der Waals surface area contributed by atoms with Crippen LogP contribution in [-0.2, 0) is 6.18 Å². The van der Waals surface area contributed by atoms with Gasteiger partial charge in [-0.2, -0.15) is 13.2 Å². The van der Waals surface area contributed by atoms with Gasteiger partial charge in [0.2, 0.25) is 0 Å². The van der Waals surface area contributed by atoms with E-state index in [1.807, 2.05) is 0 Å². The summed E-state index contributed by atoms with van der Waals surface area (Å²) in [6.45, 7) is 1.31. The Hall–Kier alpha value is -2.45. The number of carboxylic acid groups (broad SMARTS) is 1. The van der Waals surface area contributed by atoms with Crippen molar-refractivity contribution in [3.05, 3.63) is 41.4 Å². The molecule has 2 aromatic rings. The van der Waals surface area contributed by atoms with E-state index in [4.69, 9.17) is 5.11 Å². The van der Waals surface area contributed by atoms with E-state index in [1.165, 1.54) is 6.92 Å². The minimum Gasteiger partial charge on any atom is -0.478 e. The lowest BCUT2D eigenvalue weighted by atomic mass is 10.2. The molecule has 0 radical (unpaired) electrons. The van der Waals surface area contributed by atoms with Crippen LogP contribution in [0.25, 0.3) is 5.82 Å². The van der Waals surface area contributed by atoms with Crippen LogP contribution in [0, 0.1) is 12.7 Å². The number of hydrogen-bond donors (Lipinski definition) is 1. The Labute approximate surface area is 109 Å². The first-order valence-corrected chi connectivity index (χ1v) is 5.21. The number of alkyl halides is 3. The molecule has 0 amide bonds. The van der Waals surface area contributed by atoms with Gasteiger partial charge >= 0.3 is 12.1 Å². The van der Waals surface area contributed by atoms with Gasteiger partial charge in [-0.1, -0.05) is 0 Å². The van der Waals surface area contributed by atoms with Gasteiger partial charge in [0.25, 0.3) is 0 Å². The van der Waals surface area contributed by atoms with E-state index in [0.717, 1.165) is 6.33 Å². The van der Waals surface area contributed by atoms with Gasteiger partial charge in [-0.05, 0) is 6.92 Å². The second-order valence-corrected chi connectivity index (χ2v) is 3.89. The van der Waals surface area contributed by atoms with Crippen LogP contribution in [0.3, 0.4) is 0 Å². The fourth-order valence-electron chi connectivity index (χ4n) is 1.60. The number of aryl methyl sites for hydroxylation is 1. The molecule has 0 atom stereocenters. The topological polar surface area (TPSA) is 68.0 Å². The minimum atomic E-state index is -4.86. The van der Waals surface area contributed by atoms with E-state index < -0.39 is 34.9 Å². The van der Waals surface area contributed by atoms with E-state index in [2.05, 4.69) is 9.97 Å². The summed E-state index contributed by atoms with van der Waals surface area (Å²) in [5.41, 5.74) is -2.41. The maximum absolute atomic E-state index is 13.8. The Kier molecular flexibility index (Phi) is 3.20. The quantitative estimate of drug-likeness (QED) is 0.862. The van der Waals surface area contributed by atoms with E-state index in [9.17, 15) is 22.4 Å². The standard InChI is InChI=1S/C11H7F4N3O2/c1-5-8(12)9(17-4-16-5)18-2-6(10(19)20)7(3-18)11(13,14)15/h2-4H,1H3,(H,19,20). The van der Waals surface area contributed by atoms with Gasteiger partial charge in [0, 0.05) is 12.4 Å². The average Bonchev–Trinajstić information content (AvgIpc) is 2.77. The summed E-state index contributed by atoms with van der Waals surface area (Å²) in [6, 6.07) is 0. The van der Waals surface area contributed by atoms with E-state index in [0.29, 0.717) is 17.0 Å². The average molecular weight is 289 g/mol. The maximum Gasteiger partial charge on any atom is 0.418 e. The van der Waals surface area contributed by atoms with E-state index >= 15 is 0 Å². The fourth-order valence-corrected chi connectivity index (χ4v) is 1.60. The van der Waals surface area contributed by atoms with Crippen molar-refractivity contribution in [3.63, 3.8) is 0 Å². The maximum atomic E-state index is 13.8. The minimum absolute atomic E-state index is 0.0610. The van der Waals surface area contributed by atoms with Gasteiger partial charge in [0.1, 0.15) is 6.33 Å². The molecular formula is C11H7F4N3O2. The number of hydrogen-bond acceptors (Lipinski definition) is 3. The van der Waals surface area contributed by atoms with Gasteiger partial charge in [-0.15, -0.1) is 0 Å². The van der Waals surface area contributed by atoms with Gasteiger partial charge in [-0.25, -0.2) is 19.2 Å². The number of rotatable bonds is 2. The smallest absolute Gasteiger partial charge is 0.418 e. The normalized spacial score (nSPS) is 11.7. The largest absolute Gasteiger partial charge is 0.478 e. The molecule has 0 aliphatic heterocycles. The number of aromatic nitrogens is 3. The molecule has 2 heterocycles. The molecule has 2 aromatic heterocycles. The number of halogens is 4. The first kappa shape index (κ1) is 14.0. The third kappa shape index (κ3) is 2.33. The molecule has 0 bridgehead atoms. The SMILES string of the molecule is Cc1ncnc(-n2cc(C(=O)O)c(C(F)(F)F)c2)c1F. The summed E-state index contributed by atoms with van der Waals surface area (Å²) < 4.78 is 52.6. The molecule has 0 aliphatic rings. The number of carbonyl (C=O) groups is 1. The van der Waals surface area contributed by atoms with Crippen molar-refractivity contribution >= 4 is 5.97 Å². The van der Waals surface area contributed by atoms with Gasteiger partial charge in [0.05, 0.1) is 16.8 Å². The summed E-state index contributed by atoms with van der Waals surface area (Å²) in [5, 5.41) is 8.77. The first-order valence-electron chi connectivity index (χ1n) is 5.21. The van der Waals surface area contributed by atoms with Gasteiger partial charge in [0.15, 0.2) is 11.6 Å². The van der Waals surface area contributed by atoms with Crippen molar-refractivity contribution in [2.24, 2.45) is 0 Å². The zero-order valence-corrected chi connectivity index (χ0v) is 9.94. The molecule has 0 unspecified atom stereocenters. The van der Waals surface area contributed by atoms with Crippen LogP contribution in [0.4, 0.5) is 17.6 Å². The Morgan fingerprint density at radius 1 is 1.30 bits per heavy atom. The van der Waals surface area contributed by atoms with Crippen molar-refractivity contribution in [1.29, 1.82) is 0 Å². The summed E-state index contributed by atoms with van der Waals surface area (Å²) in [7, 11) is 0. The predicted octanol–water partition coefficient (Wildman–Crippen LogP) is 2.43. The zero-order chi connectivity index (χ0) is 15.1. The third-order valence-corrected chi connectivity index (χ3v) is 2.55. The van der Waals surface area contributed by atoms with Crippen LogP contribution in [0.2, 0.25) is 0 Å². The van der Waals surface area contributed by atoms with Crippen molar-refractivity contribution in [2.45, 2.75) is 13.1 Å². The number of carboxylic acids is 1. The fraction of sp³-hybridized carbons (Fsp3) is 0.182. The lowest BCUT2D eigenvalue weighted by molar-refractivity contribution is -0.138. The third-order valence-electron chi connectivity index (χ3n) is 2.55. The van der Waals surface area contributed by atoms with Crippen LogP contribution in [0.5, 0.6) is 0 Å². The predicted molar refractivity (Wildman–Crippen MR) is 58.0 cm³/mol. The summed E-state index contributed by atoms with van der Waals surface area (Å²) >= 11 is 0. The summed E-state index contributed by atoms with van der Waals surface area (Å²) in [5.74, 6) is -3.13. The highest BCUT2D eigenvalue weighted by atomic mass is 19.4. The Morgan fingerprint density at radius 3 is 2.45 bits per heavy atom. The van der Waals surface area contributed by atoms with Gasteiger partial charge in [-0.3, -0.25) is 0 Å². The second-order valence-electron chi connectivity index (χ2n) is 3.89. The highest BCUT2D eigenvalue weighted by Gasteiger charge is 2.37. The Bertz CT molecular complexity index is 679. The highest BCUT2D eigenvalue weighted by molar-refractivity contribution is 5.89. The molecule has 0 saturated carbocycles. The van der Waals surface area contributed by atoms with E-state index in [1.54, 1.807) is 0 Å². The molecule has 0 spiro atoms. The molecular weight excluding hydrogens is 282 g/mol. The molecule has 0 aliphatic carbocycles. The first-order chi connectivity index (χ1) is 9.21. The molecule has 0 fully saturated rings. The van der Waals surface area contributed by atoms with Crippen LogP contribution in [-0.4, -0.2) is 25.6 Å².